The summed E-state index contributed by atoms with van der Waals surface area (Å²) in [4.78, 5) is 0. The van der Waals surface area contributed by atoms with Crippen LogP contribution in [0.2, 0.25) is 0 Å². The van der Waals surface area contributed by atoms with Crippen molar-refractivity contribution in [2.24, 2.45) is 5.92 Å². The molecule has 1 saturated carbocycles. The molecule has 2 aliphatic rings. The fourth-order valence-corrected chi connectivity index (χ4v) is 3.08. The average Bonchev–Trinajstić information content (AvgIpc) is 2.87. The summed E-state index contributed by atoms with van der Waals surface area (Å²) in [6, 6.07) is 4.57. The molecule has 14 heavy (non-hydrogen) atoms. The number of rotatable bonds is 1. The number of allylic oxidation sites excluding steroid dienone is 2. The molecular weight excluding hydrogens is 236 g/mol. The summed E-state index contributed by atoms with van der Waals surface area (Å²) in [5.74, 6) is 0.880. The molecule has 0 N–H and O–H groups in total. The summed E-state index contributed by atoms with van der Waals surface area (Å²) < 4.78 is 1.29. The molecule has 0 heterocycles. The third kappa shape index (κ3) is 1.26. The van der Waals surface area contributed by atoms with Crippen LogP contribution in [0, 0.1) is 12.8 Å². The van der Waals surface area contributed by atoms with Crippen molar-refractivity contribution in [3.8, 4) is 0 Å². The van der Waals surface area contributed by atoms with Crippen LogP contribution in [-0.2, 0) is 6.42 Å². The lowest BCUT2D eigenvalue weighted by molar-refractivity contribution is 1.15. The van der Waals surface area contributed by atoms with Crippen LogP contribution in [0.15, 0.2) is 22.7 Å². The van der Waals surface area contributed by atoms with Crippen LogP contribution < -0.4 is 0 Å². The highest BCUT2D eigenvalue weighted by atomic mass is 79.9. The van der Waals surface area contributed by atoms with Gasteiger partial charge in [-0.25, -0.2) is 0 Å². The van der Waals surface area contributed by atoms with Crippen molar-refractivity contribution in [2.45, 2.75) is 26.2 Å². The van der Waals surface area contributed by atoms with Gasteiger partial charge in [-0.15, -0.1) is 0 Å². The van der Waals surface area contributed by atoms with E-state index >= 15 is 0 Å². The average molecular weight is 249 g/mol. The van der Waals surface area contributed by atoms with E-state index in [1.165, 1.54) is 34.0 Å². The van der Waals surface area contributed by atoms with Crippen molar-refractivity contribution >= 4 is 21.5 Å². The predicted molar refractivity (Wildman–Crippen MR) is 63.3 cm³/mol. The molecule has 72 valence electrons. The maximum absolute atomic E-state index is 3.66. The fraction of sp³-hybridized carbons (Fsp3) is 0.385. The Morgan fingerprint density at radius 3 is 2.79 bits per heavy atom. The van der Waals surface area contributed by atoms with Crippen LogP contribution >= 0.6 is 15.9 Å². The second-order valence-electron chi connectivity index (χ2n) is 4.41. The Morgan fingerprint density at radius 2 is 2.07 bits per heavy atom. The van der Waals surface area contributed by atoms with Crippen molar-refractivity contribution in [2.75, 3.05) is 0 Å². The molecule has 0 bridgehead atoms. The minimum absolute atomic E-state index is 0.880. The Morgan fingerprint density at radius 1 is 1.29 bits per heavy atom. The highest BCUT2D eigenvalue weighted by Gasteiger charge is 2.30. The van der Waals surface area contributed by atoms with Crippen molar-refractivity contribution in [3.05, 3.63) is 39.4 Å². The topological polar surface area (TPSA) is 0 Å². The summed E-state index contributed by atoms with van der Waals surface area (Å²) >= 11 is 3.66. The largest absolute Gasteiger partial charge is 0.0760 e. The molecule has 0 spiro atoms. The maximum Gasteiger partial charge on any atom is 0.0219 e. The minimum atomic E-state index is 0.880. The van der Waals surface area contributed by atoms with E-state index in [4.69, 9.17) is 0 Å². The molecule has 1 aromatic carbocycles. The number of fused-ring (bicyclic) bond motifs is 1. The summed E-state index contributed by atoms with van der Waals surface area (Å²) in [5, 5.41) is 0. The van der Waals surface area contributed by atoms with Gasteiger partial charge in [0.1, 0.15) is 0 Å². The van der Waals surface area contributed by atoms with E-state index in [-0.39, 0.29) is 0 Å². The normalized spacial score (nSPS) is 19.4. The Hall–Kier alpha value is -0.560. The van der Waals surface area contributed by atoms with Gasteiger partial charge in [0.05, 0.1) is 0 Å². The lowest BCUT2D eigenvalue weighted by atomic mass is 10.0. The van der Waals surface area contributed by atoms with Crippen LogP contribution in [0.3, 0.4) is 0 Å². The van der Waals surface area contributed by atoms with E-state index < -0.39 is 0 Å². The van der Waals surface area contributed by atoms with Gasteiger partial charge >= 0.3 is 0 Å². The van der Waals surface area contributed by atoms with Crippen molar-refractivity contribution in [1.82, 2.24) is 0 Å². The molecule has 0 amide bonds. The molecule has 1 heteroatoms. The first kappa shape index (κ1) is 8.72. The summed E-state index contributed by atoms with van der Waals surface area (Å²) in [6.07, 6.45) is 6.35. The molecule has 0 aromatic heterocycles. The first-order valence-electron chi connectivity index (χ1n) is 5.25. The SMILES string of the molecule is Cc1cc(Br)c2c(c1)C(C1CC1)=CC2. The van der Waals surface area contributed by atoms with Crippen LogP contribution in [0.25, 0.3) is 5.57 Å². The molecule has 1 aromatic rings. The standard InChI is InChI=1S/C13H13Br/c1-8-6-12-10(9-2-3-9)4-5-11(12)13(14)7-8/h4,6-7,9H,2-3,5H2,1H3. The summed E-state index contributed by atoms with van der Waals surface area (Å²) in [5.41, 5.74) is 5.99. The van der Waals surface area contributed by atoms with E-state index in [1.54, 1.807) is 5.57 Å². The maximum atomic E-state index is 3.66. The monoisotopic (exact) mass is 248 g/mol. The molecule has 0 aliphatic heterocycles. The number of benzene rings is 1. The van der Waals surface area contributed by atoms with Gasteiger partial charge in [-0.2, -0.15) is 0 Å². The molecule has 0 radical (unpaired) electrons. The van der Waals surface area contributed by atoms with E-state index in [2.05, 4.69) is 41.1 Å². The van der Waals surface area contributed by atoms with Gasteiger partial charge in [-0.05, 0) is 60.4 Å². The van der Waals surface area contributed by atoms with E-state index in [1.807, 2.05) is 0 Å². The lowest BCUT2D eigenvalue weighted by Gasteiger charge is -2.07. The van der Waals surface area contributed by atoms with E-state index in [9.17, 15) is 0 Å². The third-order valence-corrected chi connectivity index (χ3v) is 3.90. The zero-order chi connectivity index (χ0) is 9.71. The van der Waals surface area contributed by atoms with Gasteiger partial charge in [-0.3, -0.25) is 0 Å². The Balaban J connectivity index is 2.13. The Kier molecular flexibility index (Phi) is 1.85. The highest BCUT2D eigenvalue weighted by Crippen LogP contribution is 2.47. The number of halogens is 1. The molecule has 0 unspecified atom stereocenters. The van der Waals surface area contributed by atoms with Crippen LogP contribution in [0.1, 0.15) is 29.5 Å². The molecular formula is C13H13Br. The van der Waals surface area contributed by atoms with Gasteiger partial charge < -0.3 is 0 Å². The van der Waals surface area contributed by atoms with Crippen molar-refractivity contribution in [1.29, 1.82) is 0 Å². The quantitative estimate of drug-likeness (QED) is 0.702. The highest BCUT2D eigenvalue weighted by molar-refractivity contribution is 9.10. The Bertz CT molecular complexity index is 425. The minimum Gasteiger partial charge on any atom is -0.0760 e. The fourth-order valence-electron chi connectivity index (χ4n) is 2.34. The van der Waals surface area contributed by atoms with Gasteiger partial charge in [0.15, 0.2) is 0 Å². The number of hydrogen-bond donors (Lipinski definition) is 0. The summed E-state index contributed by atoms with van der Waals surface area (Å²) in [6.45, 7) is 2.17. The molecule has 0 saturated heterocycles. The predicted octanol–water partition coefficient (Wildman–Crippen LogP) is 4.11. The van der Waals surface area contributed by atoms with E-state index in [0.717, 1.165) is 12.3 Å². The van der Waals surface area contributed by atoms with Crippen molar-refractivity contribution in [3.63, 3.8) is 0 Å². The van der Waals surface area contributed by atoms with Crippen LogP contribution in [-0.4, -0.2) is 0 Å². The van der Waals surface area contributed by atoms with Crippen molar-refractivity contribution < 1.29 is 0 Å². The number of hydrogen-bond acceptors (Lipinski definition) is 0. The van der Waals surface area contributed by atoms with Crippen LogP contribution in [0.5, 0.6) is 0 Å². The lowest BCUT2D eigenvalue weighted by Crippen LogP contribution is -1.89. The zero-order valence-electron chi connectivity index (χ0n) is 8.31. The van der Waals surface area contributed by atoms with Gasteiger partial charge in [-0.1, -0.05) is 28.1 Å². The smallest absolute Gasteiger partial charge is 0.0219 e. The van der Waals surface area contributed by atoms with Gasteiger partial charge in [0.25, 0.3) is 0 Å². The third-order valence-electron chi connectivity index (χ3n) is 3.19. The molecule has 1 fully saturated rings. The summed E-state index contributed by atoms with van der Waals surface area (Å²) in [7, 11) is 0. The van der Waals surface area contributed by atoms with Gasteiger partial charge in [0.2, 0.25) is 0 Å². The second-order valence-corrected chi connectivity index (χ2v) is 5.27. The first-order chi connectivity index (χ1) is 6.75. The zero-order valence-corrected chi connectivity index (χ0v) is 9.89. The first-order valence-corrected chi connectivity index (χ1v) is 6.04. The molecule has 3 rings (SSSR count). The Labute approximate surface area is 93.2 Å². The molecule has 0 nitrogen and oxygen atoms in total. The van der Waals surface area contributed by atoms with Crippen LogP contribution in [0.4, 0.5) is 0 Å². The molecule has 0 atom stereocenters. The molecule has 2 aliphatic carbocycles. The number of aryl methyl sites for hydroxylation is 1. The van der Waals surface area contributed by atoms with E-state index in [0.29, 0.717) is 0 Å². The van der Waals surface area contributed by atoms with Gasteiger partial charge in [0, 0.05) is 4.47 Å². The second kappa shape index (κ2) is 2.96.